The molecule has 1 aliphatic rings. The van der Waals surface area contributed by atoms with Gasteiger partial charge in [-0.25, -0.2) is 4.99 Å². The lowest BCUT2D eigenvalue weighted by molar-refractivity contribution is -0.129. The Bertz CT molecular complexity index is 1140. The van der Waals surface area contributed by atoms with E-state index in [9.17, 15) is 9.59 Å². The summed E-state index contributed by atoms with van der Waals surface area (Å²) in [6.07, 6.45) is 0.0995. The molecule has 0 bridgehead atoms. The molecule has 1 unspecified atom stereocenters. The van der Waals surface area contributed by atoms with Crippen LogP contribution in [0.2, 0.25) is 0 Å². The van der Waals surface area contributed by atoms with Crippen LogP contribution in [0.15, 0.2) is 89.9 Å². The molecule has 0 radical (unpaired) electrons. The Morgan fingerprint density at radius 1 is 1.06 bits per heavy atom. The molecule has 3 aromatic carbocycles. The van der Waals surface area contributed by atoms with Crippen LogP contribution in [-0.2, 0) is 16.1 Å². The molecule has 0 spiro atoms. The fourth-order valence-corrected chi connectivity index (χ4v) is 4.53. The number of nitrogens with one attached hydrogen (secondary N) is 1. The molecule has 4 rings (SSSR count). The van der Waals surface area contributed by atoms with Gasteiger partial charge in [0.2, 0.25) is 11.8 Å². The Morgan fingerprint density at radius 3 is 2.52 bits per heavy atom. The maximum Gasteiger partial charge on any atom is 0.238 e. The number of benzene rings is 3. The summed E-state index contributed by atoms with van der Waals surface area (Å²) in [6.45, 7) is 2.86. The SMILES string of the molecule is CCOc1cccc(NC(=O)C2CC(=O)N(Cc3ccccc3)C(=Nc3ccccc3)S2)c1. The number of thioether (sulfide) groups is 1. The van der Waals surface area contributed by atoms with Crippen molar-refractivity contribution in [2.75, 3.05) is 11.9 Å². The molecule has 3 aromatic rings. The standard InChI is InChI=1S/C26H25N3O3S/c1-2-32-22-15-9-14-21(16-22)27-25(31)23-17-24(30)29(18-19-10-5-3-6-11-19)26(33-23)28-20-12-7-4-8-13-20/h3-16,23H,2,17-18H2,1H3,(H,27,31). The van der Waals surface area contributed by atoms with Crippen LogP contribution in [0.5, 0.6) is 5.75 Å². The van der Waals surface area contributed by atoms with E-state index >= 15 is 0 Å². The lowest BCUT2D eigenvalue weighted by Crippen LogP contribution is -2.44. The van der Waals surface area contributed by atoms with E-state index < -0.39 is 5.25 Å². The van der Waals surface area contributed by atoms with Gasteiger partial charge in [0.25, 0.3) is 0 Å². The molecule has 2 amide bonds. The molecule has 1 N–H and O–H groups in total. The Hall–Kier alpha value is -3.58. The number of amides is 2. The zero-order valence-electron chi connectivity index (χ0n) is 18.3. The predicted octanol–water partition coefficient (Wildman–Crippen LogP) is 5.25. The highest BCUT2D eigenvalue weighted by molar-refractivity contribution is 8.15. The maximum absolute atomic E-state index is 13.1. The van der Waals surface area contributed by atoms with E-state index in [1.54, 1.807) is 17.0 Å². The number of nitrogens with zero attached hydrogens (tertiary/aromatic N) is 2. The van der Waals surface area contributed by atoms with Crippen molar-refractivity contribution in [3.63, 3.8) is 0 Å². The minimum absolute atomic E-state index is 0.0995. The van der Waals surface area contributed by atoms with Crippen LogP contribution in [0.25, 0.3) is 0 Å². The number of carbonyl (C=O) groups is 2. The third kappa shape index (κ3) is 6.02. The molecule has 0 saturated carbocycles. The number of amidine groups is 1. The topological polar surface area (TPSA) is 71.0 Å². The third-order valence-corrected chi connectivity index (χ3v) is 6.20. The van der Waals surface area contributed by atoms with Crippen molar-refractivity contribution < 1.29 is 14.3 Å². The Labute approximate surface area is 197 Å². The van der Waals surface area contributed by atoms with Gasteiger partial charge in [-0.05, 0) is 36.8 Å². The van der Waals surface area contributed by atoms with Crippen molar-refractivity contribution >= 4 is 40.1 Å². The van der Waals surface area contributed by atoms with Crippen LogP contribution in [0.1, 0.15) is 18.9 Å². The van der Waals surface area contributed by atoms with Crippen molar-refractivity contribution in [3.05, 3.63) is 90.5 Å². The Kier molecular flexibility index (Phi) is 7.42. The maximum atomic E-state index is 13.1. The molecular weight excluding hydrogens is 434 g/mol. The molecule has 0 aliphatic carbocycles. The summed E-state index contributed by atoms with van der Waals surface area (Å²) in [4.78, 5) is 32.6. The highest BCUT2D eigenvalue weighted by Gasteiger charge is 2.36. The van der Waals surface area contributed by atoms with Crippen LogP contribution in [0, 0.1) is 0 Å². The Balaban J connectivity index is 1.55. The smallest absolute Gasteiger partial charge is 0.238 e. The molecule has 1 fully saturated rings. The monoisotopic (exact) mass is 459 g/mol. The van der Waals surface area contributed by atoms with Gasteiger partial charge in [0.15, 0.2) is 5.17 Å². The average Bonchev–Trinajstić information content (AvgIpc) is 2.83. The van der Waals surface area contributed by atoms with Crippen molar-refractivity contribution in [1.29, 1.82) is 0 Å². The summed E-state index contributed by atoms with van der Waals surface area (Å²) >= 11 is 1.31. The van der Waals surface area contributed by atoms with Crippen LogP contribution in [-0.4, -0.2) is 33.7 Å². The van der Waals surface area contributed by atoms with Crippen molar-refractivity contribution in [2.45, 2.75) is 25.1 Å². The number of rotatable bonds is 7. The fraction of sp³-hybridized carbons (Fsp3) is 0.192. The van der Waals surface area contributed by atoms with Gasteiger partial charge in [-0.2, -0.15) is 0 Å². The van der Waals surface area contributed by atoms with Gasteiger partial charge in [-0.1, -0.05) is 66.4 Å². The number of hydrogen-bond donors (Lipinski definition) is 1. The van der Waals surface area contributed by atoms with E-state index in [1.807, 2.05) is 79.7 Å². The number of ether oxygens (including phenoxy) is 1. The van der Waals surface area contributed by atoms with Crippen molar-refractivity contribution in [1.82, 2.24) is 4.90 Å². The van der Waals surface area contributed by atoms with E-state index in [-0.39, 0.29) is 18.2 Å². The van der Waals surface area contributed by atoms with Gasteiger partial charge < -0.3 is 10.1 Å². The largest absolute Gasteiger partial charge is 0.494 e. The lowest BCUT2D eigenvalue weighted by Gasteiger charge is -2.32. The predicted molar refractivity (Wildman–Crippen MR) is 133 cm³/mol. The number of anilines is 1. The number of para-hydroxylation sites is 1. The number of carbonyl (C=O) groups excluding carboxylic acids is 2. The summed E-state index contributed by atoms with van der Waals surface area (Å²) in [5, 5.41) is 2.85. The Morgan fingerprint density at radius 2 is 1.79 bits per heavy atom. The van der Waals surface area contributed by atoms with Crippen molar-refractivity contribution in [2.24, 2.45) is 4.99 Å². The van der Waals surface area contributed by atoms with E-state index in [2.05, 4.69) is 5.32 Å². The summed E-state index contributed by atoms with van der Waals surface area (Å²) in [6, 6.07) is 26.5. The molecule has 1 atom stereocenters. The van der Waals surface area contributed by atoms with E-state index in [1.165, 1.54) is 11.8 Å². The van der Waals surface area contributed by atoms with E-state index in [0.717, 1.165) is 11.3 Å². The minimum atomic E-state index is -0.581. The summed E-state index contributed by atoms with van der Waals surface area (Å²) in [5.41, 5.74) is 2.37. The fourth-order valence-electron chi connectivity index (χ4n) is 3.43. The molecule has 33 heavy (non-hydrogen) atoms. The number of aliphatic imine (C=N–C) groups is 1. The molecule has 1 saturated heterocycles. The van der Waals surface area contributed by atoms with Gasteiger partial charge in [0, 0.05) is 18.2 Å². The molecule has 6 nitrogen and oxygen atoms in total. The molecule has 7 heteroatoms. The number of hydrogen-bond acceptors (Lipinski definition) is 5. The highest BCUT2D eigenvalue weighted by atomic mass is 32.2. The second-order valence-corrected chi connectivity index (χ2v) is 8.63. The van der Waals surface area contributed by atoms with E-state index in [4.69, 9.17) is 9.73 Å². The summed E-state index contributed by atoms with van der Waals surface area (Å²) in [5.74, 6) is 0.320. The summed E-state index contributed by atoms with van der Waals surface area (Å²) in [7, 11) is 0. The molecule has 1 aliphatic heterocycles. The first kappa shape index (κ1) is 22.6. The van der Waals surface area contributed by atoms with Crippen LogP contribution < -0.4 is 10.1 Å². The second kappa shape index (κ2) is 10.8. The second-order valence-electron chi connectivity index (χ2n) is 7.46. The minimum Gasteiger partial charge on any atom is -0.494 e. The first-order valence-electron chi connectivity index (χ1n) is 10.8. The molecular formula is C26H25N3O3S. The third-order valence-electron chi connectivity index (χ3n) is 5.01. The van der Waals surface area contributed by atoms with Gasteiger partial charge >= 0.3 is 0 Å². The summed E-state index contributed by atoms with van der Waals surface area (Å²) < 4.78 is 5.51. The van der Waals surface area contributed by atoms with Crippen LogP contribution >= 0.6 is 11.8 Å². The first-order valence-corrected chi connectivity index (χ1v) is 11.7. The zero-order valence-corrected chi connectivity index (χ0v) is 19.1. The molecule has 0 aromatic heterocycles. The van der Waals surface area contributed by atoms with Crippen LogP contribution in [0.4, 0.5) is 11.4 Å². The van der Waals surface area contributed by atoms with Gasteiger partial charge in [-0.15, -0.1) is 0 Å². The van der Waals surface area contributed by atoms with E-state index in [0.29, 0.717) is 29.8 Å². The first-order chi connectivity index (χ1) is 16.1. The highest BCUT2D eigenvalue weighted by Crippen LogP contribution is 2.31. The van der Waals surface area contributed by atoms with Crippen molar-refractivity contribution in [3.8, 4) is 5.75 Å². The molecule has 1 heterocycles. The quantitative estimate of drug-likeness (QED) is 0.524. The molecule has 168 valence electrons. The van der Waals surface area contributed by atoms with Gasteiger partial charge in [-0.3, -0.25) is 14.5 Å². The normalized spacial score (nSPS) is 17.1. The van der Waals surface area contributed by atoms with Crippen LogP contribution in [0.3, 0.4) is 0 Å². The average molecular weight is 460 g/mol. The van der Waals surface area contributed by atoms with Gasteiger partial charge in [0.1, 0.15) is 11.0 Å². The lowest BCUT2D eigenvalue weighted by atomic mass is 10.2. The zero-order chi connectivity index (χ0) is 23.0. The van der Waals surface area contributed by atoms with Gasteiger partial charge in [0.05, 0.1) is 18.8 Å².